The summed E-state index contributed by atoms with van der Waals surface area (Å²) in [6, 6.07) is 6.05. The second kappa shape index (κ2) is 7.03. The number of hydrogen-bond donors (Lipinski definition) is 2. The molecule has 7 nitrogen and oxygen atoms in total. The number of amides is 1. The van der Waals surface area contributed by atoms with Crippen LogP contribution < -0.4 is 11.1 Å². The van der Waals surface area contributed by atoms with Crippen LogP contribution in [0, 0.1) is 28.6 Å². The van der Waals surface area contributed by atoms with Gasteiger partial charge < -0.3 is 15.8 Å². The fraction of sp³-hybridized carbons (Fsp3) is 0.692. The maximum Gasteiger partial charge on any atom is 0.268 e. The highest BCUT2D eigenvalue weighted by Crippen LogP contribution is 2.78. The molecule has 0 radical (unpaired) electrons. The Morgan fingerprint density at radius 1 is 1.24 bits per heavy atom. The summed E-state index contributed by atoms with van der Waals surface area (Å²) in [5.41, 5.74) is 9.66. The van der Waals surface area contributed by atoms with Crippen LogP contribution in [-0.4, -0.2) is 52.2 Å². The number of nitrogens with two attached hydrogens (primary N) is 1. The highest BCUT2D eigenvalue weighted by Gasteiger charge is 2.70. The van der Waals surface area contributed by atoms with Crippen LogP contribution >= 0.6 is 0 Å². The predicted octanol–water partition coefficient (Wildman–Crippen LogP) is 2.79. The van der Waals surface area contributed by atoms with E-state index in [0.29, 0.717) is 36.3 Å². The summed E-state index contributed by atoms with van der Waals surface area (Å²) in [7, 11) is 0. The Hall–Kier alpha value is -1.96. The summed E-state index contributed by atoms with van der Waals surface area (Å²) in [4.78, 5) is 20.4. The van der Waals surface area contributed by atoms with E-state index in [2.05, 4.69) is 17.1 Å². The Balaban J connectivity index is 1.09. The molecule has 1 aliphatic heterocycles. The van der Waals surface area contributed by atoms with Crippen LogP contribution in [0.1, 0.15) is 61.6 Å². The van der Waals surface area contributed by atoms with E-state index in [9.17, 15) is 4.79 Å². The fourth-order valence-electron chi connectivity index (χ4n) is 8.76. The van der Waals surface area contributed by atoms with Crippen molar-refractivity contribution in [2.75, 3.05) is 19.8 Å². The van der Waals surface area contributed by atoms with Crippen LogP contribution in [0.2, 0.25) is 0 Å². The van der Waals surface area contributed by atoms with E-state index in [-0.39, 0.29) is 18.1 Å². The maximum absolute atomic E-state index is 13.3. The van der Waals surface area contributed by atoms with Crippen molar-refractivity contribution in [2.24, 2.45) is 34.3 Å². The van der Waals surface area contributed by atoms with Crippen molar-refractivity contribution in [2.45, 2.75) is 64.2 Å². The van der Waals surface area contributed by atoms with Crippen molar-refractivity contribution in [3.05, 3.63) is 35.8 Å². The first kappa shape index (κ1) is 20.4. The number of hydrogen-bond acceptors (Lipinski definition) is 5. The van der Waals surface area contributed by atoms with E-state index in [0.717, 1.165) is 35.6 Å². The third kappa shape index (κ3) is 2.98. The molecule has 7 heteroatoms. The quantitative estimate of drug-likeness (QED) is 0.733. The van der Waals surface area contributed by atoms with Crippen LogP contribution in [0.25, 0.3) is 5.65 Å². The van der Waals surface area contributed by atoms with Gasteiger partial charge in [0.1, 0.15) is 11.3 Å². The summed E-state index contributed by atoms with van der Waals surface area (Å²) in [6.45, 7) is 4.83. The molecule has 3 N–H and O–H groups in total. The Kier molecular flexibility index (Phi) is 4.35. The minimum Gasteiger partial charge on any atom is -0.377 e. The highest BCUT2D eigenvalue weighted by molar-refractivity contribution is 5.93. The number of morpholine rings is 1. The van der Waals surface area contributed by atoms with Gasteiger partial charge in [-0.1, -0.05) is 6.07 Å². The van der Waals surface area contributed by atoms with E-state index in [1.807, 2.05) is 28.8 Å². The molecule has 33 heavy (non-hydrogen) atoms. The average molecular weight is 450 g/mol. The molecule has 1 saturated heterocycles. The minimum atomic E-state index is -0.132. The molecule has 2 aromatic heterocycles. The SMILES string of the molecule is CC1COCC(N)N1Cc1cn2c(C(=O)NCC34CC5CC6CC(C3)C6(C5)C4)cccc2n1. The predicted molar refractivity (Wildman–Crippen MR) is 124 cm³/mol. The molecule has 7 unspecified atom stereocenters. The van der Waals surface area contributed by atoms with E-state index in [1.165, 1.54) is 38.5 Å². The number of carbonyl (C=O) groups is 1. The Morgan fingerprint density at radius 2 is 2.15 bits per heavy atom. The topological polar surface area (TPSA) is 84.9 Å². The highest BCUT2D eigenvalue weighted by atomic mass is 16.5. The molecule has 1 amide bonds. The molecule has 4 saturated carbocycles. The third-order valence-electron chi connectivity index (χ3n) is 9.97. The molecule has 3 heterocycles. The minimum absolute atomic E-state index is 0.0154. The molecule has 7 rings (SSSR count). The van der Waals surface area contributed by atoms with Gasteiger partial charge in [-0.25, -0.2) is 4.98 Å². The molecule has 5 aliphatic rings. The molecule has 7 atom stereocenters. The first-order chi connectivity index (χ1) is 15.9. The van der Waals surface area contributed by atoms with Gasteiger partial charge >= 0.3 is 0 Å². The monoisotopic (exact) mass is 449 g/mol. The van der Waals surface area contributed by atoms with Gasteiger partial charge in [0.25, 0.3) is 5.91 Å². The molecule has 1 spiro atoms. The first-order valence-electron chi connectivity index (χ1n) is 12.8. The van der Waals surface area contributed by atoms with E-state index < -0.39 is 0 Å². The number of imidazole rings is 1. The van der Waals surface area contributed by atoms with Crippen LogP contribution in [0.3, 0.4) is 0 Å². The second-order valence-corrected chi connectivity index (χ2v) is 11.9. The Bertz CT molecular complexity index is 1100. The number of fused-ring (bicyclic) bond motifs is 3. The normalized spacial score (nSPS) is 41.3. The maximum atomic E-state index is 13.3. The largest absolute Gasteiger partial charge is 0.377 e. The van der Waals surface area contributed by atoms with Gasteiger partial charge in [0, 0.05) is 25.3 Å². The van der Waals surface area contributed by atoms with Gasteiger partial charge in [-0.05, 0) is 86.2 Å². The summed E-state index contributed by atoms with van der Waals surface area (Å²) >= 11 is 0. The second-order valence-electron chi connectivity index (χ2n) is 11.9. The lowest BCUT2D eigenvalue weighted by molar-refractivity contribution is -0.0457. The lowest BCUT2D eigenvalue weighted by Crippen LogP contribution is -2.54. The summed E-state index contributed by atoms with van der Waals surface area (Å²) in [5, 5.41) is 3.35. The lowest BCUT2D eigenvalue weighted by atomic mass is 9.55. The number of ether oxygens (including phenoxy) is 1. The van der Waals surface area contributed by atoms with E-state index in [4.69, 9.17) is 15.5 Å². The molecule has 176 valence electrons. The van der Waals surface area contributed by atoms with Gasteiger partial charge in [-0.3, -0.25) is 14.1 Å². The molecule has 3 bridgehead atoms. The molecule has 4 aliphatic carbocycles. The van der Waals surface area contributed by atoms with Crippen molar-refractivity contribution in [1.29, 1.82) is 0 Å². The Morgan fingerprint density at radius 3 is 3.03 bits per heavy atom. The van der Waals surface area contributed by atoms with Crippen LogP contribution in [0.4, 0.5) is 0 Å². The number of aromatic nitrogens is 2. The van der Waals surface area contributed by atoms with Crippen molar-refractivity contribution >= 4 is 11.6 Å². The molecular formula is C26H35N5O2. The summed E-state index contributed by atoms with van der Waals surface area (Å²) in [6.07, 6.45) is 10.2. The number of nitrogens with zero attached hydrogens (tertiary/aromatic N) is 3. The zero-order chi connectivity index (χ0) is 22.4. The summed E-state index contributed by atoms with van der Waals surface area (Å²) in [5.74, 6) is 2.84. The smallest absolute Gasteiger partial charge is 0.268 e. The van der Waals surface area contributed by atoms with E-state index in [1.54, 1.807) is 0 Å². The summed E-state index contributed by atoms with van der Waals surface area (Å²) < 4.78 is 7.49. The van der Waals surface area contributed by atoms with E-state index >= 15 is 0 Å². The number of rotatable bonds is 5. The van der Waals surface area contributed by atoms with Crippen LogP contribution in [-0.2, 0) is 11.3 Å². The molecule has 2 aromatic rings. The lowest BCUT2D eigenvalue weighted by Gasteiger charge is -2.49. The molecule has 5 fully saturated rings. The van der Waals surface area contributed by atoms with Gasteiger partial charge in [-0.2, -0.15) is 0 Å². The number of nitrogens with one attached hydrogen (secondary N) is 1. The standard InChI is InChI=1S/C26H35N5O2/c1-16-12-33-13-22(27)30(16)10-20-11-31-21(3-2-4-23(31)29-20)24(32)28-15-25-7-17-5-18-6-19(9-25)26(18,8-17)14-25/h2-4,11,16-19,22H,5-10,12-15,27H2,1H3,(H,28,32). The number of pyridine rings is 1. The van der Waals surface area contributed by atoms with Crippen molar-refractivity contribution in [1.82, 2.24) is 19.6 Å². The fourth-order valence-corrected chi connectivity index (χ4v) is 8.76. The zero-order valence-electron chi connectivity index (χ0n) is 19.5. The zero-order valence-corrected chi connectivity index (χ0v) is 19.5. The molecular weight excluding hydrogens is 414 g/mol. The van der Waals surface area contributed by atoms with Crippen LogP contribution in [0.5, 0.6) is 0 Å². The van der Waals surface area contributed by atoms with Crippen molar-refractivity contribution in [3.63, 3.8) is 0 Å². The third-order valence-corrected chi connectivity index (χ3v) is 9.97. The Labute approximate surface area is 195 Å². The van der Waals surface area contributed by atoms with Crippen LogP contribution in [0.15, 0.2) is 24.4 Å². The van der Waals surface area contributed by atoms with Gasteiger partial charge in [0.2, 0.25) is 0 Å². The van der Waals surface area contributed by atoms with Crippen molar-refractivity contribution < 1.29 is 9.53 Å². The first-order valence-corrected chi connectivity index (χ1v) is 12.8. The van der Waals surface area contributed by atoms with Gasteiger partial charge in [0.15, 0.2) is 0 Å². The van der Waals surface area contributed by atoms with Gasteiger partial charge in [-0.15, -0.1) is 0 Å². The average Bonchev–Trinajstić information content (AvgIpc) is 3.35. The van der Waals surface area contributed by atoms with Gasteiger partial charge in [0.05, 0.1) is 25.1 Å². The van der Waals surface area contributed by atoms with Crippen molar-refractivity contribution in [3.8, 4) is 0 Å². The molecule has 0 aromatic carbocycles. The number of carbonyl (C=O) groups excluding carboxylic acids is 1.